The zero-order valence-corrected chi connectivity index (χ0v) is 15.6. The number of rotatable bonds is 5. The highest BCUT2D eigenvalue weighted by atomic mass is 35.5. The maximum absolute atomic E-state index is 12.7. The van der Waals surface area contributed by atoms with Gasteiger partial charge in [0.15, 0.2) is 0 Å². The van der Waals surface area contributed by atoms with Crippen LogP contribution in [0.1, 0.15) is 18.9 Å². The number of alkyl halides is 2. The lowest BCUT2D eigenvalue weighted by Crippen LogP contribution is -2.44. The Morgan fingerprint density at radius 1 is 1.22 bits per heavy atom. The van der Waals surface area contributed by atoms with Gasteiger partial charge in [0.25, 0.3) is 0 Å². The van der Waals surface area contributed by atoms with Crippen LogP contribution in [0.15, 0.2) is 42.5 Å². The van der Waals surface area contributed by atoms with Crippen molar-refractivity contribution in [3.8, 4) is 5.75 Å². The Bertz CT molecular complexity index is 804. The van der Waals surface area contributed by atoms with Gasteiger partial charge >= 0.3 is 6.61 Å². The van der Waals surface area contributed by atoms with Gasteiger partial charge in [0.2, 0.25) is 5.91 Å². The number of nitrogens with two attached hydrogens (primary N) is 1. The van der Waals surface area contributed by atoms with E-state index in [0.29, 0.717) is 0 Å². The van der Waals surface area contributed by atoms with Gasteiger partial charge in [-0.1, -0.05) is 18.2 Å². The Kier molecular flexibility index (Phi) is 6.85. The largest absolute Gasteiger partial charge is 0.433 e. The molecule has 2 aromatic carbocycles. The molecule has 0 fully saturated rings. The van der Waals surface area contributed by atoms with Crippen molar-refractivity contribution in [1.29, 1.82) is 0 Å². The number of benzene rings is 2. The standard InChI is InChI=1S/C19H21F2N3O2.ClH/c1-12(24-11-5-6-13-14(22)7-4-9-16(13)24)18(25)23-15-8-2-3-10-17(15)26-19(20)21;/h2-4,7-10,12,19H,5-6,11,22H2,1H3,(H,23,25);1H. The summed E-state index contributed by atoms with van der Waals surface area (Å²) >= 11 is 0. The van der Waals surface area contributed by atoms with Crippen molar-refractivity contribution in [2.24, 2.45) is 0 Å². The molecule has 2 aromatic rings. The van der Waals surface area contributed by atoms with Crippen molar-refractivity contribution >= 4 is 35.4 Å². The lowest BCUT2D eigenvalue weighted by molar-refractivity contribution is -0.117. The molecule has 1 aliphatic heterocycles. The first kappa shape index (κ1) is 20.8. The Labute approximate surface area is 162 Å². The number of nitrogens with zero attached hydrogens (tertiary/aromatic N) is 1. The molecule has 0 saturated carbocycles. The predicted molar refractivity (Wildman–Crippen MR) is 105 cm³/mol. The Hall–Kier alpha value is -2.54. The van der Waals surface area contributed by atoms with E-state index in [2.05, 4.69) is 10.1 Å². The minimum atomic E-state index is -2.96. The first-order valence-corrected chi connectivity index (χ1v) is 8.46. The summed E-state index contributed by atoms with van der Waals surface area (Å²) in [6, 6.07) is 11.3. The molecule has 0 aromatic heterocycles. The molecule has 0 radical (unpaired) electrons. The molecular weight excluding hydrogens is 376 g/mol. The minimum absolute atomic E-state index is 0. The molecule has 0 spiro atoms. The average Bonchev–Trinajstić information content (AvgIpc) is 2.62. The van der Waals surface area contributed by atoms with Crippen LogP contribution in [0.5, 0.6) is 5.75 Å². The van der Waals surface area contributed by atoms with Crippen LogP contribution in [0.2, 0.25) is 0 Å². The summed E-state index contributed by atoms with van der Waals surface area (Å²) in [5, 5.41) is 2.69. The molecule has 1 atom stereocenters. The third-order valence-electron chi connectivity index (χ3n) is 4.53. The second-order valence-corrected chi connectivity index (χ2v) is 6.18. The summed E-state index contributed by atoms with van der Waals surface area (Å²) in [7, 11) is 0. The summed E-state index contributed by atoms with van der Waals surface area (Å²) in [5.74, 6) is -0.364. The first-order chi connectivity index (χ1) is 12.5. The van der Waals surface area contributed by atoms with E-state index < -0.39 is 12.7 Å². The smallest absolute Gasteiger partial charge is 0.387 e. The molecule has 0 saturated heterocycles. The molecule has 1 unspecified atom stereocenters. The Morgan fingerprint density at radius 2 is 1.96 bits per heavy atom. The van der Waals surface area contributed by atoms with Crippen LogP contribution in [0, 0.1) is 0 Å². The third-order valence-corrected chi connectivity index (χ3v) is 4.53. The number of nitrogen functional groups attached to an aromatic ring is 1. The number of carbonyl (C=O) groups is 1. The lowest BCUT2D eigenvalue weighted by Gasteiger charge is -2.36. The van der Waals surface area contributed by atoms with Crippen LogP contribution in [-0.2, 0) is 11.2 Å². The molecular formula is C19H22ClF2N3O2. The molecule has 8 heteroatoms. The van der Waals surface area contributed by atoms with Crippen molar-refractivity contribution in [1.82, 2.24) is 0 Å². The number of carbonyl (C=O) groups excluding carboxylic acids is 1. The number of hydrogen-bond donors (Lipinski definition) is 2. The van der Waals surface area contributed by atoms with Crippen molar-refractivity contribution in [2.45, 2.75) is 32.4 Å². The first-order valence-electron chi connectivity index (χ1n) is 8.46. The average molecular weight is 398 g/mol. The fraction of sp³-hybridized carbons (Fsp3) is 0.316. The van der Waals surface area contributed by atoms with Gasteiger partial charge in [-0.3, -0.25) is 4.79 Å². The van der Waals surface area contributed by atoms with Gasteiger partial charge in [-0.05, 0) is 49.6 Å². The van der Waals surface area contributed by atoms with Crippen molar-refractivity contribution in [3.05, 3.63) is 48.0 Å². The number of fused-ring (bicyclic) bond motifs is 1. The number of anilines is 3. The topological polar surface area (TPSA) is 67.6 Å². The van der Waals surface area contributed by atoms with Crippen LogP contribution < -0.4 is 20.7 Å². The van der Waals surface area contributed by atoms with Gasteiger partial charge in [-0.25, -0.2) is 0 Å². The molecule has 5 nitrogen and oxygen atoms in total. The fourth-order valence-corrected chi connectivity index (χ4v) is 3.23. The van der Waals surface area contributed by atoms with E-state index in [1.165, 1.54) is 12.1 Å². The summed E-state index contributed by atoms with van der Waals surface area (Å²) in [6.07, 6.45) is 1.77. The molecule has 1 amide bonds. The Balaban J connectivity index is 0.00000261. The maximum Gasteiger partial charge on any atom is 0.387 e. The number of amides is 1. The van der Waals surface area contributed by atoms with Crippen molar-refractivity contribution in [2.75, 3.05) is 22.5 Å². The quantitative estimate of drug-likeness (QED) is 0.746. The molecule has 1 aliphatic rings. The van der Waals surface area contributed by atoms with Gasteiger partial charge in [0.1, 0.15) is 11.8 Å². The van der Waals surface area contributed by atoms with Gasteiger partial charge in [-0.2, -0.15) is 8.78 Å². The SMILES string of the molecule is CC(C(=O)Nc1ccccc1OC(F)F)N1CCCc2c(N)cccc21.Cl. The molecule has 3 N–H and O–H groups in total. The highest BCUT2D eigenvalue weighted by molar-refractivity contribution is 5.98. The predicted octanol–water partition coefficient (Wildman–Crippen LogP) is 4.07. The van der Waals surface area contributed by atoms with E-state index in [9.17, 15) is 13.6 Å². The monoisotopic (exact) mass is 397 g/mol. The van der Waals surface area contributed by atoms with Gasteiger partial charge in [0.05, 0.1) is 5.69 Å². The van der Waals surface area contributed by atoms with E-state index in [4.69, 9.17) is 5.73 Å². The highest BCUT2D eigenvalue weighted by Gasteiger charge is 2.27. The molecule has 3 rings (SSSR count). The fourth-order valence-electron chi connectivity index (χ4n) is 3.23. The molecule has 1 heterocycles. The van der Waals surface area contributed by atoms with Gasteiger partial charge in [0, 0.05) is 17.9 Å². The van der Waals surface area contributed by atoms with Crippen LogP contribution in [0.25, 0.3) is 0 Å². The van der Waals surface area contributed by atoms with Crippen LogP contribution in [0.4, 0.5) is 25.8 Å². The summed E-state index contributed by atoms with van der Waals surface area (Å²) < 4.78 is 29.5. The van der Waals surface area contributed by atoms with E-state index >= 15 is 0 Å². The summed E-state index contributed by atoms with van der Waals surface area (Å²) in [4.78, 5) is 14.7. The van der Waals surface area contributed by atoms with E-state index in [1.807, 2.05) is 23.1 Å². The van der Waals surface area contributed by atoms with Gasteiger partial charge in [-0.15, -0.1) is 12.4 Å². The number of para-hydroxylation sites is 2. The van der Waals surface area contributed by atoms with Crippen LogP contribution >= 0.6 is 12.4 Å². The summed E-state index contributed by atoms with van der Waals surface area (Å²) in [6.45, 7) is -0.452. The summed E-state index contributed by atoms with van der Waals surface area (Å²) in [5.41, 5.74) is 8.97. The molecule has 27 heavy (non-hydrogen) atoms. The second kappa shape index (κ2) is 8.90. The van der Waals surface area contributed by atoms with Gasteiger partial charge < -0.3 is 20.7 Å². The molecule has 0 bridgehead atoms. The zero-order chi connectivity index (χ0) is 18.7. The number of hydrogen-bond acceptors (Lipinski definition) is 4. The number of halogens is 3. The van der Waals surface area contributed by atoms with E-state index in [0.717, 1.165) is 36.3 Å². The van der Waals surface area contributed by atoms with E-state index in [-0.39, 0.29) is 29.8 Å². The second-order valence-electron chi connectivity index (χ2n) is 6.18. The lowest BCUT2D eigenvalue weighted by atomic mass is 9.98. The zero-order valence-electron chi connectivity index (χ0n) is 14.8. The maximum atomic E-state index is 12.7. The number of ether oxygens (including phenoxy) is 1. The highest BCUT2D eigenvalue weighted by Crippen LogP contribution is 2.33. The normalized spacial score (nSPS) is 14.1. The molecule has 0 aliphatic carbocycles. The number of nitrogens with one attached hydrogen (secondary N) is 1. The minimum Gasteiger partial charge on any atom is -0.433 e. The third kappa shape index (κ3) is 4.60. The van der Waals surface area contributed by atoms with Crippen molar-refractivity contribution < 1.29 is 18.3 Å². The van der Waals surface area contributed by atoms with Crippen LogP contribution in [-0.4, -0.2) is 25.1 Å². The van der Waals surface area contributed by atoms with Crippen LogP contribution in [0.3, 0.4) is 0 Å². The Morgan fingerprint density at radius 3 is 2.70 bits per heavy atom. The molecule has 146 valence electrons. The van der Waals surface area contributed by atoms with Crippen molar-refractivity contribution in [3.63, 3.8) is 0 Å². The van der Waals surface area contributed by atoms with E-state index in [1.54, 1.807) is 19.1 Å².